The molecule has 6 heteroatoms. The van der Waals surface area contributed by atoms with Crippen molar-refractivity contribution >= 4 is 5.91 Å². The number of benzene rings is 1. The number of carbonyl (C=O) groups excluding carboxylic acids is 1. The summed E-state index contributed by atoms with van der Waals surface area (Å²) in [4.78, 5) is 19.6. The zero-order valence-electron chi connectivity index (χ0n) is 16.6. The first-order valence-electron chi connectivity index (χ1n) is 10.8. The fraction of sp³-hybridized carbons (Fsp3) is 0.682. The molecule has 0 aliphatic carbocycles. The van der Waals surface area contributed by atoms with E-state index in [1.54, 1.807) is 0 Å². The van der Waals surface area contributed by atoms with Gasteiger partial charge in [0.2, 0.25) is 5.91 Å². The standard InChI is InChI=1S/C22H31F2N3O/c23-19-12-17(13-20(24)14-19)15-25-10-5-21(6-11-25)27-9-3-4-18(16-27)22(28)26-7-1-2-8-26/h12-14,18,21H,1-11,15-16H2/t18-/m0/s1. The topological polar surface area (TPSA) is 26.8 Å². The molecule has 3 saturated heterocycles. The SMILES string of the molecule is O=C([C@H]1CCCN(C2CCN(Cc3cc(F)cc(F)c3)CC2)C1)N1CCCC1. The molecule has 4 rings (SSSR count). The van der Waals surface area contributed by atoms with Crippen molar-refractivity contribution in [3.8, 4) is 0 Å². The summed E-state index contributed by atoms with van der Waals surface area (Å²) in [6.07, 6.45) is 6.54. The van der Waals surface area contributed by atoms with E-state index in [0.717, 1.165) is 83.9 Å². The van der Waals surface area contributed by atoms with Gasteiger partial charge < -0.3 is 4.90 Å². The molecule has 28 heavy (non-hydrogen) atoms. The first-order valence-corrected chi connectivity index (χ1v) is 10.8. The fourth-order valence-electron chi connectivity index (χ4n) is 5.14. The van der Waals surface area contributed by atoms with Crippen molar-refractivity contribution in [2.75, 3.05) is 39.3 Å². The lowest BCUT2D eigenvalue weighted by Gasteiger charge is -2.42. The molecule has 0 aromatic heterocycles. The van der Waals surface area contributed by atoms with Crippen molar-refractivity contribution in [1.82, 2.24) is 14.7 Å². The van der Waals surface area contributed by atoms with E-state index in [1.165, 1.54) is 12.1 Å². The van der Waals surface area contributed by atoms with Crippen LogP contribution in [0.3, 0.4) is 0 Å². The number of likely N-dealkylation sites (tertiary alicyclic amines) is 3. The number of hydrogen-bond acceptors (Lipinski definition) is 3. The second-order valence-electron chi connectivity index (χ2n) is 8.65. The molecular weight excluding hydrogens is 360 g/mol. The maximum atomic E-state index is 13.4. The average Bonchev–Trinajstić information content (AvgIpc) is 3.22. The van der Waals surface area contributed by atoms with Crippen LogP contribution < -0.4 is 0 Å². The van der Waals surface area contributed by atoms with Crippen LogP contribution >= 0.6 is 0 Å². The van der Waals surface area contributed by atoms with Crippen LogP contribution in [0.2, 0.25) is 0 Å². The van der Waals surface area contributed by atoms with E-state index >= 15 is 0 Å². The number of nitrogens with zero attached hydrogens (tertiary/aromatic N) is 3. The Labute approximate surface area is 166 Å². The second-order valence-corrected chi connectivity index (χ2v) is 8.65. The lowest BCUT2D eigenvalue weighted by Crippen LogP contribution is -2.51. The van der Waals surface area contributed by atoms with Crippen LogP contribution in [0, 0.1) is 17.6 Å². The van der Waals surface area contributed by atoms with Gasteiger partial charge in [-0.1, -0.05) is 0 Å². The van der Waals surface area contributed by atoms with Gasteiger partial charge >= 0.3 is 0 Å². The Balaban J connectivity index is 1.27. The number of amides is 1. The van der Waals surface area contributed by atoms with Gasteiger partial charge in [-0.3, -0.25) is 14.6 Å². The smallest absolute Gasteiger partial charge is 0.226 e. The zero-order chi connectivity index (χ0) is 19.5. The van der Waals surface area contributed by atoms with Crippen molar-refractivity contribution < 1.29 is 13.6 Å². The van der Waals surface area contributed by atoms with E-state index in [0.29, 0.717) is 24.1 Å². The molecule has 1 atom stereocenters. The van der Waals surface area contributed by atoms with Gasteiger partial charge in [-0.15, -0.1) is 0 Å². The van der Waals surface area contributed by atoms with Crippen molar-refractivity contribution in [3.63, 3.8) is 0 Å². The monoisotopic (exact) mass is 391 g/mol. The van der Waals surface area contributed by atoms with Gasteiger partial charge in [0.25, 0.3) is 0 Å². The molecule has 1 aromatic rings. The minimum atomic E-state index is -0.507. The lowest BCUT2D eigenvalue weighted by atomic mass is 9.93. The summed E-state index contributed by atoms with van der Waals surface area (Å²) in [5.41, 5.74) is 0.699. The minimum Gasteiger partial charge on any atom is -0.342 e. The van der Waals surface area contributed by atoms with E-state index in [4.69, 9.17) is 0 Å². The minimum absolute atomic E-state index is 0.167. The number of hydrogen-bond donors (Lipinski definition) is 0. The van der Waals surface area contributed by atoms with E-state index in [-0.39, 0.29) is 5.92 Å². The summed E-state index contributed by atoms with van der Waals surface area (Å²) in [5, 5.41) is 0. The average molecular weight is 392 g/mol. The first-order chi connectivity index (χ1) is 13.6. The number of carbonyl (C=O) groups is 1. The molecule has 3 aliphatic heterocycles. The summed E-state index contributed by atoms with van der Waals surface area (Å²) >= 11 is 0. The van der Waals surface area contributed by atoms with Gasteiger partial charge in [0.15, 0.2) is 0 Å². The predicted octanol–water partition coefficient (Wildman–Crippen LogP) is 3.26. The molecule has 154 valence electrons. The van der Waals surface area contributed by atoms with Crippen LogP contribution in [0.5, 0.6) is 0 Å². The zero-order valence-corrected chi connectivity index (χ0v) is 16.6. The third kappa shape index (κ3) is 4.71. The van der Waals surface area contributed by atoms with Crippen molar-refractivity contribution in [3.05, 3.63) is 35.4 Å². The first kappa shape index (κ1) is 19.8. The molecule has 0 bridgehead atoms. The van der Waals surface area contributed by atoms with Gasteiger partial charge in [-0.2, -0.15) is 0 Å². The molecule has 0 saturated carbocycles. The quantitative estimate of drug-likeness (QED) is 0.788. The van der Waals surface area contributed by atoms with Crippen LogP contribution in [-0.4, -0.2) is 65.9 Å². The van der Waals surface area contributed by atoms with E-state index in [2.05, 4.69) is 14.7 Å². The highest BCUT2D eigenvalue weighted by atomic mass is 19.1. The lowest BCUT2D eigenvalue weighted by molar-refractivity contribution is -0.136. The third-order valence-corrected chi connectivity index (χ3v) is 6.62. The number of rotatable bonds is 4. The summed E-state index contributed by atoms with van der Waals surface area (Å²) in [6, 6.07) is 4.30. The van der Waals surface area contributed by atoms with Crippen LogP contribution in [0.4, 0.5) is 8.78 Å². The van der Waals surface area contributed by atoms with Gasteiger partial charge in [-0.05, 0) is 75.9 Å². The number of piperidine rings is 2. The summed E-state index contributed by atoms with van der Waals surface area (Å²) in [7, 11) is 0. The number of halogens is 2. The predicted molar refractivity (Wildman–Crippen MR) is 105 cm³/mol. The van der Waals surface area contributed by atoms with Crippen molar-refractivity contribution in [1.29, 1.82) is 0 Å². The molecule has 3 heterocycles. The van der Waals surface area contributed by atoms with Crippen LogP contribution in [0.15, 0.2) is 18.2 Å². The molecule has 3 aliphatic rings. The normalized spacial score (nSPS) is 25.4. The van der Waals surface area contributed by atoms with E-state index in [9.17, 15) is 13.6 Å². The highest BCUT2D eigenvalue weighted by Gasteiger charge is 2.34. The Hall–Kier alpha value is -1.53. The van der Waals surface area contributed by atoms with E-state index < -0.39 is 11.6 Å². The molecule has 1 amide bonds. The molecular formula is C22H31F2N3O. The van der Waals surface area contributed by atoms with Crippen LogP contribution in [0.25, 0.3) is 0 Å². The summed E-state index contributed by atoms with van der Waals surface area (Å²) < 4.78 is 26.8. The van der Waals surface area contributed by atoms with Gasteiger partial charge in [0.1, 0.15) is 11.6 Å². The highest BCUT2D eigenvalue weighted by Crippen LogP contribution is 2.26. The van der Waals surface area contributed by atoms with Crippen molar-refractivity contribution in [2.24, 2.45) is 5.92 Å². The summed E-state index contributed by atoms with van der Waals surface area (Å²) in [6.45, 7) is 6.33. The molecule has 0 unspecified atom stereocenters. The molecule has 0 N–H and O–H groups in total. The second kappa shape index (κ2) is 8.87. The molecule has 3 fully saturated rings. The van der Waals surface area contributed by atoms with Crippen molar-refractivity contribution in [2.45, 2.75) is 51.1 Å². The highest BCUT2D eigenvalue weighted by molar-refractivity contribution is 5.79. The van der Waals surface area contributed by atoms with E-state index in [1.807, 2.05) is 0 Å². The molecule has 1 aromatic carbocycles. The van der Waals surface area contributed by atoms with Gasteiger partial charge in [0.05, 0.1) is 5.92 Å². The Kier molecular flexibility index (Phi) is 6.26. The van der Waals surface area contributed by atoms with Gasteiger partial charge in [0, 0.05) is 38.3 Å². The Morgan fingerprint density at radius 1 is 0.893 bits per heavy atom. The van der Waals surface area contributed by atoms with Gasteiger partial charge in [-0.25, -0.2) is 8.78 Å². The molecule has 0 radical (unpaired) electrons. The Bertz CT molecular complexity index is 664. The third-order valence-electron chi connectivity index (χ3n) is 6.62. The van der Waals surface area contributed by atoms with Crippen LogP contribution in [-0.2, 0) is 11.3 Å². The largest absolute Gasteiger partial charge is 0.342 e. The fourth-order valence-corrected chi connectivity index (χ4v) is 5.14. The Morgan fingerprint density at radius 2 is 1.57 bits per heavy atom. The maximum absolute atomic E-state index is 13.4. The summed E-state index contributed by atoms with van der Waals surface area (Å²) in [5.74, 6) is -0.480. The molecule has 0 spiro atoms. The Morgan fingerprint density at radius 3 is 2.25 bits per heavy atom. The maximum Gasteiger partial charge on any atom is 0.226 e. The van der Waals surface area contributed by atoms with Crippen LogP contribution in [0.1, 0.15) is 44.1 Å². The molecule has 4 nitrogen and oxygen atoms in total.